The lowest BCUT2D eigenvalue weighted by molar-refractivity contribution is -0.129. The number of halogens is 2. The number of carbonyl (C=O) groups is 1. The maximum atomic E-state index is 12.4. The summed E-state index contributed by atoms with van der Waals surface area (Å²) in [6.45, 7) is 0. The first-order chi connectivity index (χ1) is 13.5. The molecule has 1 aromatic heterocycles. The molecular weight excluding hydrogens is 421 g/mol. The van der Waals surface area contributed by atoms with Crippen molar-refractivity contribution in [2.45, 2.75) is 0 Å². The van der Waals surface area contributed by atoms with Crippen molar-refractivity contribution in [3.63, 3.8) is 0 Å². The number of fused-ring (bicyclic) bond motifs is 1. The van der Waals surface area contributed by atoms with Gasteiger partial charge in [-0.25, -0.2) is 9.79 Å². The van der Waals surface area contributed by atoms with E-state index in [1.807, 2.05) is 12.1 Å². The Labute approximate surface area is 174 Å². The Morgan fingerprint density at radius 3 is 2.71 bits per heavy atom. The quantitative estimate of drug-likeness (QED) is 0.398. The number of carbonyl (C=O) groups excluding carboxylic acids is 1. The fourth-order valence-corrected chi connectivity index (χ4v) is 4.57. The molecule has 8 heteroatoms. The average molecular weight is 434 g/mol. The second kappa shape index (κ2) is 7.47. The molecular formula is C20H13Cl2NO4S. The lowest BCUT2D eigenvalue weighted by Gasteiger charge is -2.09. The van der Waals surface area contributed by atoms with Crippen molar-refractivity contribution in [3.8, 4) is 11.5 Å². The second-order valence-corrected chi connectivity index (χ2v) is 7.67. The molecule has 142 valence electrons. The Kier molecular flexibility index (Phi) is 5.02. The van der Waals surface area contributed by atoms with Crippen LogP contribution in [-0.2, 0) is 9.53 Å². The van der Waals surface area contributed by atoms with Crippen LogP contribution in [0.2, 0.25) is 10.0 Å². The third-order valence-electron chi connectivity index (χ3n) is 4.13. The number of nitrogens with zero attached hydrogens (tertiary/aromatic N) is 1. The molecule has 4 rings (SSSR count). The summed E-state index contributed by atoms with van der Waals surface area (Å²) in [4.78, 5) is 17.3. The molecule has 1 aliphatic rings. The lowest BCUT2D eigenvalue weighted by Crippen LogP contribution is -2.04. The fourth-order valence-electron chi connectivity index (χ4n) is 2.86. The number of thiophene rings is 1. The maximum Gasteiger partial charge on any atom is 0.363 e. The van der Waals surface area contributed by atoms with Gasteiger partial charge in [0.1, 0.15) is 4.88 Å². The van der Waals surface area contributed by atoms with E-state index >= 15 is 0 Å². The Balaban J connectivity index is 1.78. The first-order valence-electron chi connectivity index (χ1n) is 8.13. The van der Waals surface area contributed by atoms with Gasteiger partial charge < -0.3 is 14.2 Å². The van der Waals surface area contributed by atoms with Crippen LogP contribution in [0.3, 0.4) is 0 Å². The van der Waals surface area contributed by atoms with E-state index in [2.05, 4.69) is 4.99 Å². The molecule has 0 atom stereocenters. The van der Waals surface area contributed by atoms with Gasteiger partial charge in [-0.05, 0) is 24.3 Å². The van der Waals surface area contributed by atoms with E-state index in [-0.39, 0.29) is 11.6 Å². The van der Waals surface area contributed by atoms with E-state index in [4.69, 9.17) is 37.4 Å². The van der Waals surface area contributed by atoms with Crippen LogP contribution in [0.4, 0.5) is 0 Å². The maximum absolute atomic E-state index is 12.4. The van der Waals surface area contributed by atoms with Crippen molar-refractivity contribution in [2.75, 3.05) is 14.2 Å². The zero-order valence-corrected chi connectivity index (χ0v) is 17.1. The Bertz CT molecular complexity index is 1170. The molecule has 3 aromatic rings. The molecule has 0 radical (unpaired) electrons. The van der Waals surface area contributed by atoms with Gasteiger partial charge in [-0.2, -0.15) is 0 Å². The topological polar surface area (TPSA) is 57.1 Å². The van der Waals surface area contributed by atoms with Crippen LogP contribution in [0.15, 0.2) is 47.1 Å². The number of hydrogen-bond acceptors (Lipinski definition) is 6. The van der Waals surface area contributed by atoms with Crippen molar-refractivity contribution in [1.29, 1.82) is 0 Å². The molecule has 0 unspecified atom stereocenters. The first kappa shape index (κ1) is 18.8. The van der Waals surface area contributed by atoms with E-state index in [0.29, 0.717) is 32.0 Å². The monoisotopic (exact) mass is 433 g/mol. The van der Waals surface area contributed by atoms with Gasteiger partial charge in [0.15, 0.2) is 17.2 Å². The molecule has 0 amide bonds. The van der Waals surface area contributed by atoms with Crippen molar-refractivity contribution in [3.05, 3.63) is 62.6 Å². The number of esters is 1. The Hall–Kier alpha value is -2.54. The number of para-hydroxylation sites is 1. The highest BCUT2D eigenvalue weighted by molar-refractivity contribution is 7.21. The van der Waals surface area contributed by atoms with Gasteiger partial charge in [-0.3, -0.25) is 0 Å². The second-order valence-electron chi connectivity index (χ2n) is 5.80. The predicted octanol–water partition coefficient (Wildman–Crippen LogP) is 5.57. The predicted molar refractivity (Wildman–Crippen MR) is 112 cm³/mol. The van der Waals surface area contributed by atoms with Gasteiger partial charge in [-0.1, -0.05) is 41.4 Å². The SMILES string of the molecule is COc1cccc(/C=C2\N=C(c3sc4cc(Cl)ccc4c3Cl)OC2=O)c1OC. The van der Waals surface area contributed by atoms with Gasteiger partial charge in [0.05, 0.1) is 19.2 Å². The van der Waals surface area contributed by atoms with Gasteiger partial charge in [-0.15, -0.1) is 11.3 Å². The largest absolute Gasteiger partial charge is 0.493 e. The minimum Gasteiger partial charge on any atom is -0.493 e. The Morgan fingerprint density at radius 1 is 1.14 bits per heavy atom. The van der Waals surface area contributed by atoms with Crippen molar-refractivity contribution >= 4 is 62.6 Å². The molecule has 0 N–H and O–H groups in total. The van der Waals surface area contributed by atoms with Gasteiger partial charge >= 0.3 is 5.97 Å². The summed E-state index contributed by atoms with van der Waals surface area (Å²) >= 11 is 13.9. The lowest BCUT2D eigenvalue weighted by atomic mass is 10.1. The van der Waals surface area contributed by atoms with Crippen molar-refractivity contribution in [1.82, 2.24) is 0 Å². The molecule has 2 heterocycles. The number of hydrogen-bond donors (Lipinski definition) is 0. The van der Waals surface area contributed by atoms with Gasteiger partial charge in [0, 0.05) is 20.7 Å². The summed E-state index contributed by atoms with van der Waals surface area (Å²) in [5, 5.41) is 1.91. The van der Waals surface area contributed by atoms with E-state index in [1.165, 1.54) is 18.4 Å². The van der Waals surface area contributed by atoms with Gasteiger partial charge in [0.2, 0.25) is 5.90 Å². The zero-order valence-electron chi connectivity index (χ0n) is 14.8. The van der Waals surface area contributed by atoms with Crippen LogP contribution in [0.1, 0.15) is 10.4 Å². The normalized spacial score (nSPS) is 15.1. The van der Waals surface area contributed by atoms with E-state index < -0.39 is 5.97 Å². The average Bonchev–Trinajstić information content (AvgIpc) is 3.21. The van der Waals surface area contributed by atoms with Crippen molar-refractivity contribution in [2.24, 2.45) is 4.99 Å². The van der Waals surface area contributed by atoms with E-state index in [9.17, 15) is 4.79 Å². The molecule has 0 aliphatic carbocycles. The fraction of sp³-hybridized carbons (Fsp3) is 0.100. The molecule has 0 bridgehead atoms. The first-order valence-corrected chi connectivity index (χ1v) is 9.70. The number of ether oxygens (including phenoxy) is 3. The molecule has 1 aliphatic heterocycles. The van der Waals surface area contributed by atoms with Crippen LogP contribution in [0, 0.1) is 0 Å². The number of benzene rings is 2. The highest BCUT2D eigenvalue weighted by Gasteiger charge is 2.28. The van der Waals surface area contributed by atoms with Crippen LogP contribution in [0.5, 0.6) is 11.5 Å². The molecule has 0 saturated heterocycles. The third-order valence-corrected chi connectivity index (χ3v) is 6.01. The zero-order chi connectivity index (χ0) is 19.8. The standard InChI is InChI=1S/C20H13Cl2NO4S/c1-25-14-5-3-4-10(17(14)26-2)8-13-20(24)27-19(23-13)18-16(22)12-7-6-11(21)9-15(12)28-18/h3-9H,1-2H3/b13-8-. The summed E-state index contributed by atoms with van der Waals surface area (Å²) in [5.74, 6) is 0.659. The molecule has 28 heavy (non-hydrogen) atoms. The molecule has 0 fully saturated rings. The van der Waals surface area contributed by atoms with E-state index in [0.717, 1.165) is 10.1 Å². The van der Waals surface area contributed by atoms with Gasteiger partial charge in [0.25, 0.3) is 0 Å². The van der Waals surface area contributed by atoms with Crippen molar-refractivity contribution < 1.29 is 19.0 Å². The summed E-state index contributed by atoms with van der Waals surface area (Å²) in [7, 11) is 3.08. The Morgan fingerprint density at radius 2 is 1.96 bits per heavy atom. The number of cyclic esters (lactones) is 1. The number of aliphatic imine (C=N–C) groups is 1. The molecule has 5 nitrogen and oxygen atoms in total. The highest BCUT2D eigenvalue weighted by atomic mass is 35.5. The summed E-state index contributed by atoms with van der Waals surface area (Å²) in [6, 6.07) is 10.8. The summed E-state index contributed by atoms with van der Waals surface area (Å²) < 4.78 is 16.9. The van der Waals surface area contributed by atoms with Crippen LogP contribution in [-0.4, -0.2) is 26.1 Å². The minimum atomic E-state index is -0.563. The van der Waals surface area contributed by atoms with Crippen LogP contribution < -0.4 is 9.47 Å². The van der Waals surface area contributed by atoms with E-state index in [1.54, 1.807) is 37.5 Å². The summed E-state index contributed by atoms with van der Waals surface area (Å²) in [6.07, 6.45) is 1.59. The minimum absolute atomic E-state index is 0.146. The molecule has 2 aromatic carbocycles. The summed E-state index contributed by atoms with van der Waals surface area (Å²) in [5.41, 5.74) is 0.793. The number of rotatable bonds is 4. The van der Waals surface area contributed by atoms with Crippen LogP contribution >= 0.6 is 34.5 Å². The molecule has 0 spiro atoms. The van der Waals surface area contributed by atoms with Crippen LogP contribution in [0.25, 0.3) is 16.2 Å². The number of methoxy groups -OCH3 is 2. The highest BCUT2D eigenvalue weighted by Crippen LogP contribution is 2.39. The molecule has 0 saturated carbocycles. The smallest absolute Gasteiger partial charge is 0.363 e. The third kappa shape index (κ3) is 3.24.